The Hall–Kier alpha value is 0.210. The van der Waals surface area contributed by atoms with E-state index in [0.29, 0.717) is 5.88 Å². The summed E-state index contributed by atoms with van der Waals surface area (Å²) in [4.78, 5) is 0. The average Bonchev–Trinajstić information content (AvgIpc) is 2.49. The lowest BCUT2D eigenvalue weighted by molar-refractivity contribution is 0.0462. The minimum atomic E-state index is 0.163. The lowest BCUT2D eigenvalue weighted by Crippen LogP contribution is -2.32. The van der Waals surface area contributed by atoms with Gasteiger partial charge < -0.3 is 9.47 Å². The molecule has 2 nitrogen and oxygen atoms in total. The van der Waals surface area contributed by atoms with Gasteiger partial charge in [-0.25, -0.2) is 0 Å². The van der Waals surface area contributed by atoms with Gasteiger partial charge >= 0.3 is 0 Å². The quantitative estimate of drug-likeness (QED) is 0.508. The Morgan fingerprint density at radius 1 is 1.62 bits per heavy atom. The van der Waals surface area contributed by atoms with E-state index < -0.39 is 0 Å². The van der Waals surface area contributed by atoms with Crippen LogP contribution in [0, 0.1) is 5.41 Å². The summed E-state index contributed by atoms with van der Waals surface area (Å²) in [7, 11) is 0. The van der Waals surface area contributed by atoms with E-state index in [-0.39, 0.29) is 11.5 Å². The fraction of sp³-hybridized carbons (Fsp3) is 1.00. The minimum Gasteiger partial charge on any atom is -0.382 e. The predicted molar refractivity (Wildman–Crippen MR) is 54.3 cm³/mol. The molecule has 1 saturated heterocycles. The fourth-order valence-electron chi connectivity index (χ4n) is 1.81. The summed E-state index contributed by atoms with van der Waals surface area (Å²) in [6.07, 6.45) is 2.38. The molecule has 0 N–H and O–H groups in total. The van der Waals surface area contributed by atoms with E-state index >= 15 is 0 Å². The van der Waals surface area contributed by atoms with Crippen LogP contribution in [0.15, 0.2) is 0 Å². The maximum Gasteiger partial charge on any atom is 0.0616 e. The molecule has 3 heteroatoms. The van der Waals surface area contributed by atoms with E-state index in [1.54, 1.807) is 0 Å². The van der Waals surface area contributed by atoms with Crippen LogP contribution in [0.4, 0.5) is 0 Å². The summed E-state index contributed by atoms with van der Waals surface area (Å²) in [5, 5.41) is 0. The lowest BCUT2D eigenvalue weighted by atomic mass is 9.81. The zero-order chi connectivity index (χ0) is 9.73. The molecule has 13 heavy (non-hydrogen) atoms. The number of alkyl halides is 1. The van der Waals surface area contributed by atoms with Gasteiger partial charge in [-0.05, 0) is 26.7 Å². The van der Waals surface area contributed by atoms with Crippen LogP contribution in [0.5, 0.6) is 0 Å². The van der Waals surface area contributed by atoms with Crippen LogP contribution in [0.2, 0.25) is 0 Å². The zero-order valence-electron chi connectivity index (χ0n) is 8.51. The van der Waals surface area contributed by atoms with Gasteiger partial charge in [0.1, 0.15) is 0 Å². The summed E-state index contributed by atoms with van der Waals surface area (Å²) in [5.41, 5.74) is 0.163. The molecule has 1 heterocycles. The topological polar surface area (TPSA) is 18.5 Å². The highest BCUT2D eigenvalue weighted by Crippen LogP contribution is 2.39. The molecule has 0 aromatic carbocycles. The van der Waals surface area contributed by atoms with Crippen molar-refractivity contribution in [2.75, 3.05) is 25.7 Å². The summed E-state index contributed by atoms with van der Waals surface area (Å²) >= 11 is 6.00. The Kier molecular flexibility index (Phi) is 4.50. The van der Waals surface area contributed by atoms with Crippen molar-refractivity contribution in [1.29, 1.82) is 0 Å². The predicted octanol–water partition coefficient (Wildman–Crippen LogP) is 2.45. The molecule has 2 unspecified atom stereocenters. The monoisotopic (exact) mass is 206 g/mol. The molecule has 0 spiro atoms. The van der Waals surface area contributed by atoms with Crippen molar-refractivity contribution in [3.8, 4) is 0 Å². The Labute approximate surface area is 85.5 Å². The molecule has 0 amide bonds. The summed E-state index contributed by atoms with van der Waals surface area (Å²) in [5.74, 6) is 0.682. The molecule has 78 valence electrons. The maximum absolute atomic E-state index is 6.00. The van der Waals surface area contributed by atoms with E-state index in [1.165, 1.54) is 0 Å². The van der Waals surface area contributed by atoms with Gasteiger partial charge in [0, 0.05) is 31.1 Å². The van der Waals surface area contributed by atoms with Gasteiger partial charge in [-0.3, -0.25) is 0 Å². The molecule has 0 aromatic rings. The molecular weight excluding hydrogens is 188 g/mol. The first-order valence-corrected chi connectivity index (χ1v) is 5.54. The van der Waals surface area contributed by atoms with E-state index in [9.17, 15) is 0 Å². The second kappa shape index (κ2) is 5.18. The highest BCUT2D eigenvalue weighted by Gasteiger charge is 2.40. The van der Waals surface area contributed by atoms with Gasteiger partial charge in [-0.15, -0.1) is 11.6 Å². The second-order valence-electron chi connectivity index (χ2n) is 3.71. The molecule has 0 aliphatic carbocycles. The molecule has 0 radical (unpaired) electrons. The van der Waals surface area contributed by atoms with Gasteiger partial charge in [-0.1, -0.05) is 0 Å². The van der Waals surface area contributed by atoms with Gasteiger partial charge in [0.05, 0.1) is 6.10 Å². The van der Waals surface area contributed by atoms with Gasteiger partial charge in [0.25, 0.3) is 0 Å². The standard InChI is InChI=1S/C10H19ClO2/c1-3-12-6-4-10(8-11)5-7-13-9(10)2/h9H,3-8H2,1-2H3. The number of halogens is 1. The summed E-state index contributed by atoms with van der Waals surface area (Å²) in [6, 6.07) is 0. The van der Waals surface area contributed by atoms with Crippen LogP contribution in [0.3, 0.4) is 0 Å². The van der Waals surface area contributed by atoms with Crippen molar-refractivity contribution in [3.05, 3.63) is 0 Å². The third kappa shape index (κ3) is 2.58. The van der Waals surface area contributed by atoms with Crippen molar-refractivity contribution in [3.63, 3.8) is 0 Å². The molecule has 0 saturated carbocycles. The number of rotatable bonds is 5. The van der Waals surface area contributed by atoms with Crippen LogP contribution >= 0.6 is 11.6 Å². The third-order valence-electron chi connectivity index (χ3n) is 3.04. The molecule has 2 atom stereocenters. The molecule has 1 aliphatic heterocycles. The number of hydrogen-bond acceptors (Lipinski definition) is 2. The average molecular weight is 207 g/mol. The fourth-order valence-corrected chi connectivity index (χ4v) is 2.29. The Morgan fingerprint density at radius 3 is 2.85 bits per heavy atom. The lowest BCUT2D eigenvalue weighted by Gasteiger charge is -2.29. The van der Waals surface area contributed by atoms with Crippen LogP contribution in [-0.2, 0) is 9.47 Å². The molecule has 1 fully saturated rings. The third-order valence-corrected chi connectivity index (χ3v) is 3.58. The molecule has 0 aromatic heterocycles. The van der Waals surface area contributed by atoms with Crippen LogP contribution in [0.25, 0.3) is 0 Å². The first-order chi connectivity index (χ1) is 6.25. The first kappa shape index (κ1) is 11.3. The summed E-state index contributed by atoms with van der Waals surface area (Å²) in [6.45, 7) is 6.56. The van der Waals surface area contributed by atoms with E-state index in [1.807, 2.05) is 6.92 Å². The Bertz CT molecular complexity index is 152. The highest BCUT2D eigenvalue weighted by molar-refractivity contribution is 6.18. The Morgan fingerprint density at radius 2 is 2.38 bits per heavy atom. The molecule has 1 rings (SSSR count). The normalized spacial score (nSPS) is 33.9. The van der Waals surface area contributed by atoms with Crippen molar-refractivity contribution in [1.82, 2.24) is 0 Å². The van der Waals surface area contributed by atoms with E-state index in [2.05, 4.69) is 6.92 Å². The van der Waals surface area contributed by atoms with Gasteiger partial charge in [0.15, 0.2) is 0 Å². The smallest absolute Gasteiger partial charge is 0.0616 e. The summed E-state index contributed by atoms with van der Waals surface area (Å²) < 4.78 is 10.9. The van der Waals surface area contributed by atoms with Crippen LogP contribution in [0.1, 0.15) is 26.7 Å². The van der Waals surface area contributed by atoms with Crippen molar-refractivity contribution >= 4 is 11.6 Å². The number of ether oxygens (including phenoxy) is 2. The van der Waals surface area contributed by atoms with Crippen LogP contribution < -0.4 is 0 Å². The highest BCUT2D eigenvalue weighted by atomic mass is 35.5. The molecule has 0 bridgehead atoms. The van der Waals surface area contributed by atoms with Crippen molar-refractivity contribution in [2.45, 2.75) is 32.8 Å². The molecule has 1 aliphatic rings. The van der Waals surface area contributed by atoms with Crippen LogP contribution in [-0.4, -0.2) is 31.8 Å². The van der Waals surface area contributed by atoms with Crippen molar-refractivity contribution < 1.29 is 9.47 Å². The van der Waals surface area contributed by atoms with Crippen molar-refractivity contribution in [2.24, 2.45) is 5.41 Å². The van der Waals surface area contributed by atoms with Gasteiger partial charge in [0.2, 0.25) is 0 Å². The maximum atomic E-state index is 6.00. The minimum absolute atomic E-state index is 0.163. The largest absolute Gasteiger partial charge is 0.382 e. The number of hydrogen-bond donors (Lipinski definition) is 0. The first-order valence-electron chi connectivity index (χ1n) is 5.00. The van der Waals surface area contributed by atoms with Gasteiger partial charge in [-0.2, -0.15) is 0 Å². The van der Waals surface area contributed by atoms with E-state index in [4.69, 9.17) is 21.1 Å². The van der Waals surface area contributed by atoms with E-state index in [0.717, 1.165) is 32.7 Å². The zero-order valence-corrected chi connectivity index (χ0v) is 9.27. The Balaban J connectivity index is 2.39. The SMILES string of the molecule is CCOCCC1(CCl)CCOC1C. The second-order valence-corrected chi connectivity index (χ2v) is 3.97. The molecular formula is C10H19ClO2.